The van der Waals surface area contributed by atoms with E-state index in [0.717, 1.165) is 12.7 Å². The van der Waals surface area contributed by atoms with Crippen LogP contribution in [0.2, 0.25) is 0 Å². The minimum absolute atomic E-state index is 0.125. The summed E-state index contributed by atoms with van der Waals surface area (Å²) in [7, 11) is -3.26. The second kappa shape index (κ2) is 7.40. The molecular weight excluding hydrogens is 228 g/mol. The van der Waals surface area contributed by atoms with Crippen LogP contribution in [0.5, 0.6) is 0 Å². The molecule has 0 saturated carbocycles. The number of carbonyl (C=O) groups excluding carboxylic acids is 1. The fourth-order valence-electron chi connectivity index (χ4n) is 1.12. The average Bonchev–Trinajstić information content (AvgIpc) is 2.19. The fraction of sp³-hybridized carbons (Fsp3) is 0.700. The fourth-order valence-corrected chi connectivity index (χ4v) is 1.91. The zero-order valence-corrected chi connectivity index (χ0v) is 10.7. The van der Waals surface area contributed by atoms with Gasteiger partial charge in [0.2, 0.25) is 15.9 Å². The van der Waals surface area contributed by atoms with Gasteiger partial charge in [0.15, 0.2) is 0 Å². The first-order valence-electron chi connectivity index (χ1n) is 5.24. The molecule has 6 heteroatoms. The van der Waals surface area contributed by atoms with Crippen LogP contribution in [0.1, 0.15) is 19.8 Å². The molecule has 0 aliphatic rings. The molecule has 1 amide bonds. The summed E-state index contributed by atoms with van der Waals surface area (Å²) in [5.74, 6) is -0.125. The molecule has 0 aromatic heterocycles. The van der Waals surface area contributed by atoms with Gasteiger partial charge in [-0.2, -0.15) is 4.31 Å². The molecular formula is C10H20N2O3S. The predicted molar refractivity (Wildman–Crippen MR) is 64.5 cm³/mol. The maximum absolute atomic E-state index is 11.3. The maximum atomic E-state index is 11.3. The number of nitrogens with zero attached hydrogens (tertiary/aromatic N) is 1. The normalized spacial score (nSPS) is 11.4. The average molecular weight is 248 g/mol. The molecule has 0 heterocycles. The molecule has 0 saturated heterocycles. The summed E-state index contributed by atoms with van der Waals surface area (Å²) in [6, 6.07) is 0. The van der Waals surface area contributed by atoms with Crippen LogP contribution in [0.4, 0.5) is 0 Å². The van der Waals surface area contributed by atoms with Crippen LogP contribution < -0.4 is 5.32 Å². The number of hydrogen-bond acceptors (Lipinski definition) is 3. The summed E-state index contributed by atoms with van der Waals surface area (Å²) in [4.78, 5) is 11.3. The first-order valence-corrected chi connectivity index (χ1v) is 7.09. The Kier molecular flexibility index (Phi) is 7.00. The zero-order chi connectivity index (χ0) is 12.6. The van der Waals surface area contributed by atoms with Gasteiger partial charge in [0.25, 0.3) is 0 Å². The van der Waals surface area contributed by atoms with Crippen LogP contribution in [-0.2, 0) is 14.8 Å². The Hall–Kier alpha value is -0.880. The van der Waals surface area contributed by atoms with Gasteiger partial charge in [0.1, 0.15) is 0 Å². The second-order valence-corrected chi connectivity index (χ2v) is 5.49. The van der Waals surface area contributed by atoms with Gasteiger partial charge in [-0.3, -0.25) is 4.79 Å². The van der Waals surface area contributed by atoms with Crippen LogP contribution in [0.25, 0.3) is 0 Å². The van der Waals surface area contributed by atoms with E-state index in [1.54, 1.807) is 0 Å². The van der Waals surface area contributed by atoms with E-state index in [9.17, 15) is 13.2 Å². The van der Waals surface area contributed by atoms with Gasteiger partial charge in [-0.15, -0.1) is 6.58 Å². The number of carbonyl (C=O) groups is 1. The number of amides is 1. The lowest BCUT2D eigenvalue weighted by molar-refractivity contribution is -0.121. The maximum Gasteiger partial charge on any atom is 0.221 e. The SMILES string of the molecule is C=CCN(CCC(=O)NCCC)S(C)(=O)=O. The molecule has 0 aliphatic carbocycles. The van der Waals surface area contributed by atoms with Crippen molar-refractivity contribution in [3.05, 3.63) is 12.7 Å². The van der Waals surface area contributed by atoms with Crippen molar-refractivity contribution in [3.8, 4) is 0 Å². The first kappa shape index (κ1) is 15.1. The topological polar surface area (TPSA) is 66.5 Å². The van der Waals surface area contributed by atoms with E-state index < -0.39 is 10.0 Å². The first-order chi connectivity index (χ1) is 7.41. The Bertz CT molecular complexity index is 325. The van der Waals surface area contributed by atoms with Crippen LogP contribution in [0, 0.1) is 0 Å². The molecule has 1 N–H and O–H groups in total. The van der Waals surface area contributed by atoms with Gasteiger partial charge in [-0.25, -0.2) is 8.42 Å². The van der Waals surface area contributed by atoms with Crippen molar-refractivity contribution >= 4 is 15.9 Å². The van der Waals surface area contributed by atoms with Crippen LogP contribution in [0.3, 0.4) is 0 Å². The summed E-state index contributed by atoms with van der Waals surface area (Å²) >= 11 is 0. The van der Waals surface area contributed by atoms with Gasteiger partial charge in [-0.05, 0) is 6.42 Å². The summed E-state index contributed by atoms with van der Waals surface area (Å²) in [5.41, 5.74) is 0. The molecule has 0 aliphatic heterocycles. The Balaban J connectivity index is 4.12. The summed E-state index contributed by atoms with van der Waals surface area (Å²) in [6.45, 7) is 6.50. The minimum atomic E-state index is -3.26. The molecule has 0 unspecified atom stereocenters. The van der Waals surface area contributed by atoms with Crippen molar-refractivity contribution in [1.82, 2.24) is 9.62 Å². The molecule has 0 aromatic rings. The van der Waals surface area contributed by atoms with Crippen LogP contribution in [0.15, 0.2) is 12.7 Å². The molecule has 0 fully saturated rings. The quantitative estimate of drug-likeness (QED) is 0.630. The van der Waals surface area contributed by atoms with E-state index in [0.29, 0.717) is 6.54 Å². The molecule has 0 atom stereocenters. The number of sulfonamides is 1. The highest BCUT2D eigenvalue weighted by Crippen LogP contribution is 1.99. The lowest BCUT2D eigenvalue weighted by Crippen LogP contribution is -2.34. The lowest BCUT2D eigenvalue weighted by atomic mass is 10.3. The van der Waals surface area contributed by atoms with Gasteiger partial charge < -0.3 is 5.32 Å². The van der Waals surface area contributed by atoms with Crippen LogP contribution in [-0.4, -0.2) is 44.5 Å². The van der Waals surface area contributed by atoms with E-state index in [4.69, 9.17) is 0 Å². The highest BCUT2D eigenvalue weighted by atomic mass is 32.2. The van der Waals surface area contributed by atoms with E-state index in [1.807, 2.05) is 6.92 Å². The highest BCUT2D eigenvalue weighted by molar-refractivity contribution is 7.88. The largest absolute Gasteiger partial charge is 0.356 e. The molecule has 0 bridgehead atoms. The third kappa shape index (κ3) is 6.58. The summed E-state index contributed by atoms with van der Waals surface area (Å²) < 4.78 is 23.8. The highest BCUT2D eigenvalue weighted by Gasteiger charge is 2.15. The second-order valence-electron chi connectivity index (χ2n) is 3.51. The van der Waals surface area contributed by atoms with Gasteiger partial charge in [0, 0.05) is 26.1 Å². The monoisotopic (exact) mass is 248 g/mol. The van der Waals surface area contributed by atoms with E-state index in [2.05, 4.69) is 11.9 Å². The molecule has 94 valence electrons. The molecule has 0 radical (unpaired) electrons. The van der Waals surface area contributed by atoms with Crippen molar-refractivity contribution in [2.75, 3.05) is 25.9 Å². The van der Waals surface area contributed by atoms with Gasteiger partial charge in [0.05, 0.1) is 6.26 Å². The summed E-state index contributed by atoms with van der Waals surface area (Å²) in [5, 5.41) is 2.69. The molecule has 0 aromatic carbocycles. The predicted octanol–water partition coefficient (Wildman–Crippen LogP) is 0.350. The Morgan fingerprint density at radius 3 is 2.56 bits per heavy atom. The van der Waals surface area contributed by atoms with Crippen molar-refractivity contribution in [2.45, 2.75) is 19.8 Å². The zero-order valence-electron chi connectivity index (χ0n) is 9.90. The number of nitrogens with one attached hydrogen (secondary N) is 1. The third-order valence-electron chi connectivity index (χ3n) is 1.96. The van der Waals surface area contributed by atoms with Gasteiger partial charge in [-0.1, -0.05) is 13.0 Å². The van der Waals surface area contributed by atoms with Gasteiger partial charge >= 0.3 is 0 Å². The Morgan fingerprint density at radius 1 is 1.50 bits per heavy atom. The smallest absolute Gasteiger partial charge is 0.221 e. The molecule has 5 nitrogen and oxygen atoms in total. The number of rotatable bonds is 8. The number of hydrogen-bond donors (Lipinski definition) is 1. The van der Waals surface area contributed by atoms with Crippen LogP contribution >= 0.6 is 0 Å². The molecule has 16 heavy (non-hydrogen) atoms. The summed E-state index contributed by atoms with van der Waals surface area (Å²) in [6.07, 6.45) is 3.68. The molecule has 0 spiro atoms. The van der Waals surface area contributed by atoms with E-state index >= 15 is 0 Å². The Labute approximate surface area is 97.6 Å². The molecule has 0 rings (SSSR count). The standard InChI is InChI=1S/C10H20N2O3S/c1-4-7-11-10(13)6-9-12(8-5-2)16(3,14)15/h5H,2,4,6-9H2,1,3H3,(H,11,13). The van der Waals surface area contributed by atoms with E-state index in [1.165, 1.54) is 10.4 Å². The third-order valence-corrected chi connectivity index (χ3v) is 3.23. The van der Waals surface area contributed by atoms with Crippen molar-refractivity contribution in [1.29, 1.82) is 0 Å². The van der Waals surface area contributed by atoms with Crippen molar-refractivity contribution in [2.24, 2.45) is 0 Å². The van der Waals surface area contributed by atoms with Crippen molar-refractivity contribution in [3.63, 3.8) is 0 Å². The Morgan fingerprint density at radius 2 is 2.12 bits per heavy atom. The van der Waals surface area contributed by atoms with E-state index in [-0.39, 0.29) is 25.4 Å². The minimum Gasteiger partial charge on any atom is -0.356 e. The van der Waals surface area contributed by atoms with Crippen molar-refractivity contribution < 1.29 is 13.2 Å². The lowest BCUT2D eigenvalue weighted by Gasteiger charge is -2.17.